The smallest absolute Gasteiger partial charge is 0.299 e. The van der Waals surface area contributed by atoms with Crippen LogP contribution in [0.1, 0.15) is 11.1 Å². The monoisotopic (exact) mass is 299 g/mol. The summed E-state index contributed by atoms with van der Waals surface area (Å²) in [5, 5.41) is 3.08. The van der Waals surface area contributed by atoms with Gasteiger partial charge in [0.2, 0.25) is 5.88 Å². The molecule has 3 aromatic rings. The molecule has 6 heteroatoms. The largest absolute Gasteiger partial charge is 0.409 e. The van der Waals surface area contributed by atoms with Crippen molar-refractivity contribution in [2.75, 3.05) is 5.32 Å². The number of carbonyl (C=O) groups excluding carboxylic acids is 1. The predicted octanol–water partition coefficient (Wildman–Crippen LogP) is 2.93. The number of hydrogen-bond donors (Lipinski definition) is 1. The fourth-order valence-electron chi connectivity index (χ4n) is 2.26. The van der Waals surface area contributed by atoms with Crippen molar-refractivity contribution < 1.29 is 13.9 Å². The summed E-state index contributed by atoms with van der Waals surface area (Å²) in [4.78, 5) is 14.8. The third-order valence-electron chi connectivity index (χ3n) is 3.36. The molecule has 1 N–H and O–H groups in total. The van der Waals surface area contributed by atoms with Crippen LogP contribution in [0.15, 0.2) is 42.7 Å². The number of nitrogens with zero attached hydrogens (tertiary/aromatic N) is 2. The molecule has 0 saturated heterocycles. The molecule has 0 fully saturated rings. The van der Waals surface area contributed by atoms with E-state index in [1.54, 1.807) is 35.0 Å². The molecule has 0 spiro atoms. The zero-order valence-corrected chi connectivity index (χ0v) is 11.9. The average molecular weight is 299 g/mol. The number of ether oxygens (including phenoxy) is 1. The highest BCUT2D eigenvalue weighted by atomic mass is 19.1. The average Bonchev–Trinajstić information content (AvgIpc) is 2.97. The van der Waals surface area contributed by atoms with Gasteiger partial charge in [0.1, 0.15) is 11.5 Å². The van der Waals surface area contributed by atoms with Crippen molar-refractivity contribution in [3.8, 4) is 5.88 Å². The molecule has 5 nitrogen and oxygen atoms in total. The van der Waals surface area contributed by atoms with Crippen molar-refractivity contribution in [3.05, 3.63) is 59.7 Å². The Labute approximate surface area is 126 Å². The van der Waals surface area contributed by atoms with Gasteiger partial charge in [-0.3, -0.25) is 9.20 Å². The van der Waals surface area contributed by atoms with Crippen LogP contribution in [-0.2, 0) is 11.3 Å². The van der Waals surface area contributed by atoms with Crippen LogP contribution in [0, 0.1) is 12.7 Å². The zero-order valence-electron chi connectivity index (χ0n) is 11.9. The number of benzene rings is 1. The van der Waals surface area contributed by atoms with Gasteiger partial charge in [0.25, 0.3) is 6.47 Å². The lowest BCUT2D eigenvalue weighted by atomic mass is 10.1. The second-order valence-electron chi connectivity index (χ2n) is 4.87. The summed E-state index contributed by atoms with van der Waals surface area (Å²) in [6.45, 7) is 2.47. The lowest BCUT2D eigenvalue weighted by Crippen LogP contribution is -2.06. The van der Waals surface area contributed by atoms with E-state index in [-0.39, 0.29) is 12.4 Å². The zero-order chi connectivity index (χ0) is 15.5. The van der Waals surface area contributed by atoms with Gasteiger partial charge in [0.05, 0.1) is 5.69 Å². The van der Waals surface area contributed by atoms with Gasteiger partial charge < -0.3 is 10.1 Å². The van der Waals surface area contributed by atoms with E-state index in [1.807, 2.05) is 13.0 Å². The summed E-state index contributed by atoms with van der Waals surface area (Å²) in [6.07, 6.45) is 3.29. The van der Waals surface area contributed by atoms with E-state index < -0.39 is 0 Å². The van der Waals surface area contributed by atoms with Crippen LogP contribution in [0.2, 0.25) is 0 Å². The van der Waals surface area contributed by atoms with Crippen LogP contribution < -0.4 is 10.1 Å². The van der Waals surface area contributed by atoms with Crippen LogP contribution in [0.25, 0.3) is 5.65 Å². The maximum atomic E-state index is 13.9. The minimum Gasteiger partial charge on any atom is -0.409 e. The van der Waals surface area contributed by atoms with Gasteiger partial charge in [-0.2, -0.15) is 0 Å². The van der Waals surface area contributed by atoms with Crippen molar-refractivity contribution in [2.45, 2.75) is 13.5 Å². The van der Waals surface area contributed by atoms with Crippen LogP contribution >= 0.6 is 0 Å². The molecule has 0 aliphatic heterocycles. The van der Waals surface area contributed by atoms with E-state index >= 15 is 0 Å². The first-order valence-corrected chi connectivity index (χ1v) is 6.74. The topological polar surface area (TPSA) is 55.6 Å². The molecule has 0 aliphatic rings. The number of imidazole rings is 1. The number of rotatable bonds is 5. The van der Waals surface area contributed by atoms with Crippen LogP contribution in [0.4, 0.5) is 10.1 Å². The Morgan fingerprint density at radius 3 is 3.00 bits per heavy atom. The molecule has 1 aromatic carbocycles. The molecule has 0 unspecified atom stereocenters. The second-order valence-corrected chi connectivity index (χ2v) is 4.87. The molecule has 3 rings (SSSR count). The highest BCUT2D eigenvalue weighted by Crippen LogP contribution is 2.26. The summed E-state index contributed by atoms with van der Waals surface area (Å²) in [5.74, 6) is 0.0478. The highest BCUT2D eigenvalue weighted by molar-refractivity contribution is 5.63. The Hall–Kier alpha value is -2.89. The summed E-state index contributed by atoms with van der Waals surface area (Å²) < 4.78 is 20.5. The standard InChI is InChI=1S/C16H14FN3O2/c1-11-2-3-12(13(17)8-11)9-19-14-4-5-15-18-6-7-20(15)16(14)22-10-21/h2-8,10,19H,9H2,1H3. The summed E-state index contributed by atoms with van der Waals surface area (Å²) >= 11 is 0. The van der Waals surface area contributed by atoms with Gasteiger partial charge in [-0.25, -0.2) is 9.37 Å². The first-order chi connectivity index (χ1) is 10.7. The normalized spacial score (nSPS) is 10.6. The molecule has 112 valence electrons. The number of aromatic nitrogens is 2. The number of carbonyl (C=O) groups is 1. The maximum absolute atomic E-state index is 13.9. The molecule has 0 bridgehead atoms. The Morgan fingerprint density at radius 1 is 1.36 bits per heavy atom. The molecule has 2 heterocycles. The van der Waals surface area contributed by atoms with E-state index in [0.29, 0.717) is 29.3 Å². The van der Waals surface area contributed by atoms with Crippen molar-refractivity contribution in [1.29, 1.82) is 0 Å². The number of anilines is 1. The Morgan fingerprint density at radius 2 is 2.23 bits per heavy atom. The third kappa shape index (κ3) is 2.63. The van der Waals surface area contributed by atoms with Gasteiger partial charge in [0.15, 0.2) is 0 Å². The maximum Gasteiger partial charge on any atom is 0.299 e. The lowest BCUT2D eigenvalue weighted by molar-refractivity contribution is -0.120. The van der Waals surface area contributed by atoms with Gasteiger partial charge in [0, 0.05) is 24.5 Å². The van der Waals surface area contributed by atoms with E-state index in [1.165, 1.54) is 6.07 Å². The first kappa shape index (κ1) is 14.1. The van der Waals surface area contributed by atoms with Gasteiger partial charge in [-0.05, 0) is 30.7 Å². The SMILES string of the molecule is Cc1ccc(CNc2ccc3nccn3c2OC=O)c(F)c1. The number of halogens is 1. The van der Waals surface area contributed by atoms with E-state index in [4.69, 9.17) is 4.74 Å². The van der Waals surface area contributed by atoms with Gasteiger partial charge >= 0.3 is 0 Å². The van der Waals surface area contributed by atoms with Crippen molar-refractivity contribution in [2.24, 2.45) is 0 Å². The van der Waals surface area contributed by atoms with E-state index in [9.17, 15) is 9.18 Å². The lowest BCUT2D eigenvalue weighted by Gasteiger charge is -2.12. The molecule has 0 amide bonds. The van der Waals surface area contributed by atoms with E-state index in [2.05, 4.69) is 10.3 Å². The molecule has 0 aliphatic carbocycles. The Bertz CT molecular complexity index is 829. The second kappa shape index (κ2) is 5.85. The number of fused-ring (bicyclic) bond motifs is 1. The molecule has 0 saturated carbocycles. The molecular weight excluding hydrogens is 285 g/mol. The minimum absolute atomic E-state index is 0.269. The molecular formula is C16H14FN3O2. The summed E-state index contributed by atoms with van der Waals surface area (Å²) in [6, 6.07) is 8.59. The highest BCUT2D eigenvalue weighted by Gasteiger charge is 2.10. The summed E-state index contributed by atoms with van der Waals surface area (Å²) in [7, 11) is 0. The molecule has 0 atom stereocenters. The van der Waals surface area contributed by atoms with Crippen LogP contribution in [0.3, 0.4) is 0 Å². The fourth-order valence-corrected chi connectivity index (χ4v) is 2.26. The minimum atomic E-state index is -0.269. The Balaban J connectivity index is 1.89. The quantitative estimate of drug-likeness (QED) is 0.736. The van der Waals surface area contributed by atoms with Crippen molar-refractivity contribution in [1.82, 2.24) is 9.38 Å². The fraction of sp³-hybridized carbons (Fsp3) is 0.125. The number of hydrogen-bond acceptors (Lipinski definition) is 4. The van der Waals surface area contributed by atoms with Gasteiger partial charge in [-0.15, -0.1) is 0 Å². The third-order valence-corrected chi connectivity index (χ3v) is 3.36. The summed E-state index contributed by atoms with van der Waals surface area (Å²) in [5.41, 5.74) is 2.64. The Kier molecular flexibility index (Phi) is 3.74. The van der Waals surface area contributed by atoms with Crippen LogP contribution in [-0.4, -0.2) is 15.9 Å². The van der Waals surface area contributed by atoms with Crippen molar-refractivity contribution in [3.63, 3.8) is 0 Å². The molecule has 0 radical (unpaired) electrons. The molecule has 2 aromatic heterocycles. The van der Waals surface area contributed by atoms with E-state index in [0.717, 1.165) is 5.56 Å². The van der Waals surface area contributed by atoms with Gasteiger partial charge in [-0.1, -0.05) is 12.1 Å². The first-order valence-electron chi connectivity index (χ1n) is 6.74. The predicted molar refractivity (Wildman–Crippen MR) is 80.3 cm³/mol. The van der Waals surface area contributed by atoms with Crippen LogP contribution in [0.5, 0.6) is 5.88 Å². The van der Waals surface area contributed by atoms with Crippen molar-refractivity contribution >= 4 is 17.8 Å². The molecule has 22 heavy (non-hydrogen) atoms. The number of nitrogens with one attached hydrogen (secondary N) is 1. The number of aryl methyl sites for hydroxylation is 1. The number of pyridine rings is 1.